The fraction of sp³-hybridized carbons (Fsp3) is 1.00. The average Bonchev–Trinajstić information content (AvgIpc) is 2.68. The van der Waals surface area contributed by atoms with Gasteiger partial charge in [0.15, 0.2) is 0 Å². The topological polar surface area (TPSA) is 15.3 Å². The molecule has 15 heavy (non-hydrogen) atoms. The lowest BCUT2D eigenvalue weighted by Gasteiger charge is -2.50. The van der Waals surface area contributed by atoms with Crippen molar-refractivity contribution in [3.63, 3.8) is 0 Å². The SMILES string of the molecule is C1CNCC(CN2CC3(CCCC3)C2)C1. The van der Waals surface area contributed by atoms with E-state index in [1.165, 1.54) is 71.2 Å². The van der Waals surface area contributed by atoms with Crippen LogP contribution in [0, 0.1) is 11.3 Å². The zero-order valence-electron chi connectivity index (χ0n) is 9.80. The highest BCUT2D eigenvalue weighted by Crippen LogP contribution is 2.45. The maximum atomic E-state index is 3.52. The molecule has 1 atom stereocenters. The second kappa shape index (κ2) is 4.06. The smallest absolute Gasteiger partial charge is 0.00506 e. The summed E-state index contributed by atoms with van der Waals surface area (Å²) in [5.74, 6) is 0.942. The van der Waals surface area contributed by atoms with Gasteiger partial charge in [0.05, 0.1) is 0 Å². The molecule has 2 heterocycles. The Balaban J connectivity index is 1.43. The van der Waals surface area contributed by atoms with Gasteiger partial charge in [0.25, 0.3) is 0 Å². The molecule has 0 amide bonds. The van der Waals surface area contributed by atoms with Crippen LogP contribution in [0.4, 0.5) is 0 Å². The van der Waals surface area contributed by atoms with Gasteiger partial charge in [-0.2, -0.15) is 0 Å². The van der Waals surface area contributed by atoms with Gasteiger partial charge in [-0.1, -0.05) is 12.8 Å². The Bertz CT molecular complexity index is 207. The van der Waals surface area contributed by atoms with Crippen molar-refractivity contribution in [2.45, 2.75) is 38.5 Å². The summed E-state index contributed by atoms with van der Waals surface area (Å²) < 4.78 is 0. The van der Waals surface area contributed by atoms with Gasteiger partial charge in [-0.25, -0.2) is 0 Å². The van der Waals surface area contributed by atoms with Crippen molar-refractivity contribution < 1.29 is 0 Å². The fourth-order valence-electron chi connectivity index (χ4n) is 3.92. The molecule has 1 unspecified atom stereocenters. The summed E-state index contributed by atoms with van der Waals surface area (Å²) in [7, 11) is 0. The predicted molar refractivity (Wildman–Crippen MR) is 62.9 cm³/mol. The van der Waals surface area contributed by atoms with Crippen molar-refractivity contribution in [3.05, 3.63) is 0 Å². The van der Waals surface area contributed by atoms with Gasteiger partial charge < -0.3 is 10.2 Å². The first-order valence-corrected chi connectivity index (χ1v) is 6.79. The molecule has 2 heteroatoms. The average molecular weight is 208 g/mol. The third-order valence-electron chi connectivity index (χ3n) is 4.70. The zero-order valence-corrected chi connectivity index (χ0v) is 9.80. The molecule has 1 aliphatic carbocycles. The molecule has 2 aliphatic heterocycles. The Hall–Kier alpha value is -0.0800. The van der Waals surface area contributed by atoms with E-state index in [0.717, 1.165) is 11.3 Å². The number of rotatable bonds is 2. The third-order valence-corrected chi connectivity index (χ3v) is 4.70. The molecule has 3 aliphatic rings. The Morgan fingerprint density at radius 1 is 1.13 bits per heavy atom. The molecule has 0 aromatic heterocycles. The lowest BCUT2D eigenvalue weighted by molar-refractivity contribution is -0.00708. The number of nitrogens with zero attached hydrogens (tertiary/aromatic N) is 1. The molecule has 0 bridgehead atoms. The van der Waals surface area contributed by atoms with Crippen molar-refractivity contribution in [1.29, 1.82) is 0 Å². The minimum atomic E-state index is 0.794. The van der Waals surface area contributed by atoms with Crippen LogP contribution in [0.25, 0.3) is 0 Å². The normalized spacial score (nSPS) is 35.6. The summed E-state index contributed by atoms with van der Waals surface area (Å²) in [6, 6.07) is 0. The number of hydrogen-bond donors (Lipinski definition) is 1. The monoisotopic (exact) mass is 208 g/mol. The van der Waals surface area contributed by atoms with Crippen LogP contribution in [0.5, 0.6) is 0 Å². The van der Waals surface area contributed by atoms with Gasteiger partial charge in [-0.15, -0.1) is 0 Å². The Kier molecular flexibility index (Phi) is 2.73. The van der Waals surface area contributed by atoms with Crippen molar-refractivity contribution in [2.24, 2.45) is 11.3 Å². The second-order valence-electron chi connectivity index (χ2n) is 6.09. The van der Waals surface area contributed by atoms with Gasteiger partial charge in [-0.3, -0.25) is 0 Å². The van der Waals surface area contributed by atoms with Crippen LogP contribution in [0.15, 0.2) is 0 Å². The highest BCUT2D eigenvalue weighted by atomic mass is 15.2. The molecule has 1 N–H and O–H groups in total. The second-order valence-corrected chi connectivity index (χ2v) is 6.09. The number of nitrogens with one attached hydrogen (secondary N) is 1. The lowest BCUT2D eigenvalue weighted by atomic mass is 9.77. The molecule has 0 aromatic rings. The summed E-state index contributed by atoms with van der Waals surface area (Å²) >= 11 is 0. The van der Waals surface area contributed by atoms with E-state index in [1.807, 2.05) is 0 Å². The molecule has 2 saturated heterocycles. The Morgan fingerprint density at radius 2 is 1.93 bits per heavy atom. The lowest BCUT2D eigenvalue weighted by Crippen LogP contribution is -2.56. The molecule has 2 nitrogen and oxygen atoms in total. The van der Waals surface area contributed by atoms with Crippen molar-refractivity contribution in [3.8, 4) is 0 Å². The maximum absolute atomic E-state index is 3.52. The van der Waals surface area contributed by atoms with Gasteiger partial charge >= 0.3 is 0 Å². The van der Waals surface area contributed by atoms with Gasteiger partial charge in [0.1, 0.15) is 0 Å². The molecule has 3 fully saturated rings. The minimum absolute atomic E-state index is 0.794. The molecule has 86 valence electrons. The van der Waals surface area contributed by atoms with E-state index in [2.05, 4.69) is 10.2 Å². The maximum Gasteiger partial charge on any atom is 0.00506 e. The summed E-state index contributed by atoms with van der Waals surface area (Å²) in [5.41, 5.74) is 0.794. The molecular formula is C13H24N2. The first-order valence-electron chi connectivity index (χ1n) is 6.79. The van der Waals surface area contributed by atoms with Gasteiger partial charge in [-0.05, 0) is 50.1 Å². The van der Waals surface area contributed by atoms with Crippen LogP contribution < -0.4 is 5.32 Å². The van der Waals surface area contributed by atoms with Crippen molar-refractivity contribution in [2.75, 3.05) is 32.7 Å². The Morgan fingerprint density at radius 3 is 2.60 bits per heavy atom. The van der Waals surface area contributed by atoms with Crippen LogP contribution >= 0.6 is 0 Å². The number of piperidine rings is 1. The Labute approximate surface area is 93.4 Å². The summed E-state index contributed by atoms with van der Waals surface area (Å²) in [5, 5.41) is 3.52. The molecule has 3 rings (SSSR count). The van der Waals surface area contributed by atoms with Gasteiger partial charge in [0, 0.05) is 19.6 Å². The molecular weight excluding hydrogens is 184 g/mol. The van der Waals surface area contributed by atoms with Gasteiger partial charge in [0.2, 0.25) is 0 Å². The summed E-state index contributed by atoms with van der Waals surface area (Å²) in [6.45, 7) is 6.73. The van der Waals surface area contributed by atoms with E-state index in [0.29, 0.717) is 0 Å². The van der Waals surface area contributed by atoms with E-state index in [-0.39, 0.29) is 0 Å². The van der Waals surface area contributed by atoms with Crippen molar-refractivity contribution in [1.82, 2.24) is 10.2 Å². The molecule has 1 spiro atoms. The van der Waals surface area contributed by atoms with E-state index >= 15 is 0 Å². The van der Waals surface area contributed by atoms with Crippen LogP contribution in [0.2, 0.25) is 0 Å². The largest absolute Gasteiger partial charge is 0.316 e. The van der Waals surface area contributed by atoms with E-state index < -0.39 is 0 Å². The minimum Gasteiger partial charge on any atom is -0.316 e. The van der Waals surface area contributed by atoms with Crippen LogP contribution in [-0.2, 0) is 0 Å². The van der Waals surface area contributed by atoms with Crippen LogP contribution in [0.3, 0.4) is 0 Å². The highest BCUT2D eigenvalue weighted by Gasteiger charge is 2.44. The quantitative estimate of drug-likeness (QED) is 0.745. The van der Waals surface area contributed by atoms with E-state index in [9.17, 15) is 0 Å². The first-order chi connectivity index (χ1) is 7.36. The number of hydrogen-bond acceptors (Lipinski definition) is 2. The molecule has 1 saturated carbocycles. The standard InChI is InChI=1S/C13H24N2/c1-2-6-13(5-1)10-15(11-13)9-12-4-3-7-14-8-12/h12,14H,1-11H2. The van der Waals surface area contributed by atoms with E-state index in [4.69, 9.17) is 0 Å². The third kappa shape index (κ3) is 2.07. The first kappa shape index (κ1) is 10.1. The fourth-order valence-corrected chi connectivity index (χ4v) is 3.92. The summed E-state index contributed by atoms with van der Waals surface area (Å²) in [4.78, 5) is 2.71. The number of likely N-dealkylation sites (tertiary alicyclic amines) is 1. The van der Waals surface area contributed by atoms with Crippen LogP contribution in [-0.4, -0.2) is 37.6 Å². The summed E-state index contributed by atoms with van der Waals surface area (Å²) in [6.07, 6.45) is 8.89. The highest BCUT2D eigenvalue weighted by molar-refractivity contribution is 4.98. The van der Waals surface area contributed by atoms with E-state index in [1.54, 1.807) is 0 Å². The molecule has 0 aromatic carbocycles. The predicted octanol–water partition coefficient (Wildman–Crippen LogP) is 1.86. The molecule has 0 radical (unpaired) electrons. The zero-order chi connectivity index (χ0) is 10.1. The van der Waals surface area contributed by atoms with Crippen LogP contribution in [0.1, 0.15) is 38.5 Å². The van der Waals surface area contributed by atoms with Crippen molar-refractivity contribution >= 4 is 0 Å².